The molecule has 150 valence electrons. The van der Waals surface area contributed by atoms with Crippen LogP contribution in [-0.4, -0.2) is 65.3 Å². The quantitative estimate of drug-likeness (QED) is 0.768. The summed E-state index contributed by atoms with van der Waals surface area (Å²) in [5.41, 5.74) is 1.06. The van der Waals surface area contributed by atoms with Crippen molar-refractivity contribution >= 4 is 29.4 Å². The number of benzene rings is 1. The second-order valence-corrected chi connectivity index (χ2v) is 7.52. The normalized spacial score (nSPS) is 19.0. The molecule has 1 aromatic carbocycles. The van der Waals surface area contributed by atoms with E-state index in [1.807, 2.05) is 0 Å². The lowest BCUT2D eigenvalue weighted by molar-refractivity contribution is -0.145. The summed E-state index contributed by atoms with van der Waals surface area (Å²) in [6, 6.07) is 6.58. The SMILES string of the molecule is CN(CC(=O)N1CCCC(C(=O)O)C1)C(=O)c1ccc(NC(=O)C2CC2)cc1. The Morgan fingerprint density at radius 1 is 1.11 bits per heavy atom. The number of carboxylic acid groups (broad SMARTS) is 1. The first-order valence-electron chi connectivity index (χ1n) is 9.52. The molecule has 1 saturated heterocycles. The molecule has 8 heteroatoms. The third-order valence-electron chi connectivity index (χ3n) is 5.19. The van der Waals surface area contributed by atoms with Gasteiger partial charge in [0.2, 0.25) is 11.8 Å². The number of nitrogens with one attached hydrogen (secondary N) is 1. The molecule has 2 fully saturated rings. The van der Waals surface area contributed by atoms with Crippen LogP contribution in [0.15, 0.2) is 24.3 Å². The predicted octanol–water partition coefficient (Wildman–Crippen LogP) is 1.43. The average Bonchev–Trinajstić information content (AvgIpc) is 3.53. The molecule has 1 aliphatic heterocycles. The van der Waals surface area contributed by atoms with Crippen molar-refractivity contribution in [2.75, 3.05) is 32.0 Å². The van der Waals surface area contributed by atoms with E-state index < -0.39 is 11.9 Å². The number of carbonyl (C=O) groups excluding carboxylic acids is 3. The van der Waals surface area contributed by atoms with Crippen molar-refractivity contribution in [2.45, 2.75) is 25.7 Å². The summed E-state index contributed by atoms with van der Waals surface area (Å²) in [4.78, 5) is 50.8. The van der Waals surface area contributed by atoms with Crippen molar-refractivity contribution in [3.05, 3.63) is 29.8 Å². The average molecular weight is 387 g/mol. The molecule has 3 amide bonds. The van der Waals surface area contributed by atoms with Crippen LogP contribution in [0.1, 0.15) is 36.0 Å². The third-order valence-corrected chi connectivity index (χ3v) is 5.19. The first kappa shape index (κ1) is 19.9. The highest BCUT2D eigenvalue weighted by molar-refractivity contribution is 5.98. The van der Waals surface area contributed by atoms with Crippen molar-refractivity contribution in [2.24, 2.45) is 11.8 Å². The Bertz CT molecular complexity index is 773. The third kappa shape index (κ3) is 4.88. The van der Waals surface area contributed by atoms with Crippen LogP contribution in [-0.2, 0) is 14.4 Å². The number of carbonyl (C=O) groups is 4. The fourth-order valence-electron chi connectivity index (χ4n) is 3.29. The van der Waals surface area contributed by atoms with Crippen LogP contribution in [0, 0.1) is 11.8 Å². The topological polar surface area (TPSA) is 107 Å². The van der Waals surface area contributed by atoms with Gasteiger partial charge in [0.1, 0.15) is 0 Å². The van der Waals surface area contributed by atoms with Gasteiger partial charge in [-0.3, -0.25) is 19.2 Å². The highest BCUT2D eigenvalue weighted by atomic mass is 16.4. The highest BCUT2D eigenvalue weighted by Gasteiger charge is 2.30. The van der Waals surface area contributed by atoms with Gasteiger partial charge in [-0.2, -0.15) is 0 Å². The van der Waals surface area contributed by atoms with Crippen LogP contribution in [0.2, 0.25) is 0 Å². The number of hydrogen-bond donors (Lipinski definition) is 2. The predicted molar refractivity (Wildman–Crippen MR) is 102 cm³/mol. The smallest absolute Gasteiger partial charge is 0.308 e. The van der Waals surface area contributed by atoms with E-state index in [0.29, 0.717) is 30.6 Å². The van der Waals surface area contributed by atoms with Crippen LogP contribution in [0.5, 0.6) is 0 Å². The van der Waals surface area contributed by atoms with Gasteiger partial charge < -0.3 is 20.2 Å². The van der Waals surface area contributed by atoms with Gasteiger partial charge in [0.25, 0.3) is 5.91 Å². The largest absolute Gasteiger partial charge is 0.481 e. The van der Waals surface area contributed by atoms with E-state index in [-0.39, 0.29) is 36.7 Å². The minimum Gasteiger partial charge on any atom is -0.481 e. The van der Waals surface area contributed by atoms with E-state index in [2.05, 4.69) is 5.32 Å². The molecule has 1 aliphatic carbocycles. The molecule has 3 rings (SSSR count). The molecule has 1 atom stereocenters. The zero-order valence-corrected chi connectivity index (χ0v) is 15.9. The molecule has 2 aliphatic rings. The first-order chi connectivity index (χ1) is 13.3. The fourth-order valence-corrected chi connectivity index (χ4v) is 3.29. The van der Waals surface area contributed by atoms with E-state index in [1.165, 1.54) is 9.80 Å². The van der Waals surface area contributed by atoms with Crippen molar-refractivity contribution in [3.8, 4) is 0 Å². The zero-order valence-electron chi connectivity index (χ0n) is 15.9. The summed E-state index contributed by atoms with van der Waals surface area (Å²) < 4.78 is 0. The maximum Gasteiger partial charge on any atom is 0.308 e. The Hall–Kier alpha value is -2.90. The number of aliphatic carboxylic acids is 1. The standard InChI is InChI=1S/C20H25N3O5/c1-22(12-17(24)23-10-2-3-15(11-23)20(27)28)19(26)14-6-8-16(9-7-14)21-18(25)13-4-5-13/h6-9,13,15H,2-5,10-12H2,1H3,(H,21,25)(H,27,28). The van der Waals surface area contributed by atoms with Gasteiger partial charge in [-0.15, -0.1) is 0 Å². The van der Waals surface area contributed by atoms with Gasteiger partial charge in [0.15, 0.2) is 0 Å². The molecule has 8 nitrogen and oxygen atoms in total. The lowest BCUT2D eigenvalue weighted by Crippen LogP contribution is -2.46. The molecule has 28 heavy (non-hydrogen) atoms. The van der Waals surface area contributed by atoms with E-state index in [1.54, 1.807) is 31.3 Å². The number of piperidine rings is 1. The second-order valence-electron chi connectivity index (χ2n) is 7.52. The maximum absolute atomic E-state index is 12.6. The van der Waals surface area contributed by atoms with Crippen LogP contribution >= 0.6 is 0 Å². The number of amides is 3. The number of hydrogen-bond acceptors (Lipinski definition) is 4. The number of likely N-dealkylation sites (tertiary alicyclic amines) is 1. The minimum absolute atomic E-state index is 0.00277. The first-order valence-corrected chi connectivity index (χ1v) is 9.52. The van der Waals surface area contributed by atoms with E-state index in [4.69, 9.17) is 5.11 Å². The summed E-state index contributed by atoms with van der Waals surface area (Å²) in [7, 11) is 1.54. The summed E-state index contributed by atoms with van der Waals surface area (Å²) in [6.07, 6.45) is 3.06. The van der Waals surface area contributed by atoms with Crippen LogP contribution in [0.3, 0.4) is 0 Å². The summed E-state index contributed by atoms with van der Waals surface area (Å²) in [6.45, 7) is 0.594. The maximum atomic E-state index is 12.6. The minimum atomic E-state index is -0.893. The number of nitrogens with zero attached hydrogens (tertiary/aromatic N) is 2. The molecule has 1 aromatic rings. The van der Waals surface area contributed by atoms with Crippen molar-refractivity contribution in [3.63, 3.8) is 0 Å². The molecule has 0 aromatic heterocycles. The number of carboxylic acids is 1. The molecule has 1 unspecified atom stereocenters. The summed E-state index contributed by atoms with van der Waals surface area (Å²) >= 11 is 0. The van der Waals surface area contributed by atoms with E-state index in [9.17, 15) is 19.2 Å². The van der Waals surface area contributed by atoms with Crippen LogP contribution in [0.25, 0.3) is 0 Å². The van der Waals surface area contributed by atoms with Crippen LogP contribution < -0.4 is 5.32 Å². The lowest BCUT2D eigenvalue weighted by Gasteiger charge is -2.32. The number of likely N-dealkylation sites (N-methyl/N-ethyl adjacent to an activating group) is 1. The Morgan fingerprint density at radius 2 is 1.79 bits per heavy atom. The van der Waals surface area contributed by atoms with E-state index in [0.717, 1.165) is 12.8 Å². The molecule has 0 radical (unpaired) electrons. The monoisotopic (exact) mass is 387 g/mol. The Balaban J connectivity index is 1.54. The van der Waals surface area contributed by atoms with Crippen LogP contribution in [0.4, 0.5) is 5.69 Å². The van der Waals surface area contributed by atoms with Crippen molar-refractivity contribution in [1.82, 2.24) is 9.80 Å². The molecule has 0 spiro atoms. The molecular weight excluding hydrogens is 362 g/mol. The number of anilines is 1. The molecular formula is C20H25N3O5. The van der Waals surface area contributed by atoms with E-state index >= 15 is 0 Å². The molecule has 2 N–H and O–H groups in total. The molecule has 0 bridgehead atoms. The lowest BCUT2D eigenvalue weighted by atomic mass is 9.98. The Kier molecular flexibility index (Phi) is 5.96. The van der Waals surface area contributed by atoms with Gasteiger partial charge >= 0.3 is 5.97 Å². The fraction of sp³-hybridized carbons (Fsp3) is 0.500. The van der Waals surface area contributed by atoms with Gasteiger partial charge in [-0.05, 0) is 49.9 Å². The highest BCUT2D eigenvalue weighted by Crippen LogP contribution is 2.30. The van der Waals surface area contributed by atoms with Gasteiger partial charge in [-0.1, -0.05) is 0 Å². The summed E-state index contributed by atoms with van der Waals surface area (Å²) in [5, 5.41) is 12.0. The Labute approximate surface area is 163 Å². The van der Waals surface area contributed by atoms with Gasteiger partial charge in [-0.25, -0.2) is 0 Å². The zero-order chi connectivity index (χ0) is 20.3. The number of rotatable bonds is 6. The van der Waals surface area contributed by atoms with Crippen molar-refractivity contribution < 1.29 is 24.3 Å². The van der Waals surface area contributed by atoms with Gasteiger partial charge in [0.05, 0.1) is 12.5 Å². The molecule has 1 saturated carbocycles. The van der Waals surface area contributed by atoms with Crippen molar-refractivity contribution in [1.29, 1.82) is 0 Å². The summed E-state index contributed by atoms with van der Waals surface area (Å²) in [5.74, 6) is -1.89. The Morgan fingerprint density at radius 3 is 2.39 bits per heavy atom. The molecule has 1 heterocycles. The second kappa shape index (κ2) is 8.41. The van der Waals surface area contributed by atoms with Gasteiger partial charge in [0, 0.05) is 37.3 Å².